The van der Waals surface area contributed by atoms with Crippen molar-refractivity contribution in [3.63, 3.8) is 0 Å². The number of hydrogen-bond acceptors (Lipinski definition) is 1. The van der Waals surface area contributed by atoms with Gasteiger partial charge in [0.2, 0.25) is 0 Å². The molecule has 1 heteroatoms. The van der Waals surface area contributed by atoms with Gasteiger partial charge in [-0.15, -0.1) is 0 Å². The Morgan fingerprint density at radius 3 is 2.23 bits per heavy atom. The third-order valence-corrected chi connectivity index (χ3v) is 4.26. The average Bonchev–Trinajstić information content (AvgIpc) is 2.04. The summed E-state index contributed by atoms with van der Waals surface area (Å²) in [6, 6.07) is 1.70. The molecule has 0 spiro atoms. The van der Waals surface area contributed by atoms with Crippen LogP contribution in [0.15, 0.2) is 0 Å². The van der Waals surface area contributed by atoms with Gasteiger partial charge in [-0.3, -0.25) is 0 Å². The van der Waals surface area contributed by atoms with Gasteiger partial charge in [0.25, 0.3) is 0 Å². The van der Waals surface area contributed by atoms with E-state index in [2.05, 4.69) is 19.2 Å². The van der Waals surface area contributed by atoms with Crippen molar-refractivity contribution in [2.24, 2.45) is 11.8 Å². The Kier molecular flexibility index (Phi) is 2.92. The highest BCUT2D eigenvalue weighted by Gasteiger charge is 2.29. The fraction of sp³-hybridized carbons (Fsp3) is 1.00. The van der Waals surface area contributed by atoms with Gasteiger partial charge in [-0.05, 0) is 31.1 Å². The molecule has 0 aliphatic heterocycles. The van der Waals surface area contributed by atoms with Crippen LogP contribution >= 0.6 is 0 Å². The first-order chi connectivity index (χ1) is 6.27. The summed E-state index contributed by atoms with van der Waals surface area (Å²) in [7, 11) is 0. The van der Waals surface area contributed by atoms with Crippen molar-refractivity contribution < 1.29 is 0 Å². The summed E-state index contributed by atoms with van der Waals surface area (Å²) in [5.41, 5.74) is 0. The second kappa shape index (κ2) is 4.00. The molecule has 0 saturated heterocycles. The molecule has 0 unspecified atom stereocenters. The molecule has 0 aromatic carbocycles. The normalized spacial score (nSPS) is 41.5. The van der Waals surface area contributed by atoms with Gasteiger partial charge in [0.1, 0.15) is 0 Å². The van der Waals surface area contributed by atoms with Crippen molar-refractivity contribution in [1.29, 1.82) is 0 Å². The van der Waals surface area contributed by atoms with Crippen LogP contribution in [0.25, 0.3) is 0 Å². The molecule has 1 N–H and O–H groups in total. The third kappa shape index (κ3) is 2.07. The molecule has 2 rings (SSSR count). The van der Waals surface area contributed by atoms with Crippen molar-refractivity contribution in [2.75, 3.05) is 0 Å². The molecule has 76 valence electrons. The monoisotopic (exact) mass is 181 g/mol. The van der Waals surface area contributed by atoms with E-state index in [1.165, 1.54) is 38.5 Å². The van der Waals surface area contributed by atoms with E-state index in [9.17, 15) is 0 Å². The predicted octanol–water partition coefficient (Wildman–Crippen LogP) is 2.95. The molecule has 3 atom stereocenters. The van der Waals surface area contributed by atoms with Crippen LogP contribution in [0, 0.1) is 11.8 Å². The van der Waals surface area contributed by atoms with Crippen molar-refractivity contribution >= 4 is 0 Å². The van der Waals surface area contributed by atoms with E-state index in [-0.39, 0.29) is 0 Å². The first kappa shape index (κ1) is 9.51. The van der Waals surface area contributed by atoms with Crippen LogP contribution in [0.4, 0.5) is 0 Å². The fourth-order valence-electron chi connectivity index (χ4n) is 2.69. The zero-order valence-electron chi connectivity index (χ0n) is 9.05. The minimum Gasteiger partial charge on any atom is -0.311 e. The molecule has 2 fully saturated rings. The second-order valence-corrected chi connectivity index (χ2v) is 5.17. The first-order valence-electron chi connectivity index (χ1n) is 6.03. The maximum atomic E-state index is 3.84. The van der Waals surface area contributed by atoms with Crippen LogP contribution in [0.2, 0.25) is 0 Å². The maximum Gasteiger partial charge on any atom is 0.00978 e. The van der Waals surface area contributed by atoms with Gasteiger partial charge in [0, 0.05) is 12.1 Å². The van der Waals surface area contributed by atoms with E-state index in [1.54, 1.807) is 0 Å². The van der Waals surface area contributed by atoms with Crippen molar-refractivity contribution in [1.82, 2.24) is 5.32 Å². The zero-order valence-corrected chi connectivity index (χ0v) is 9.05. The Bertz CT molecular complexity index is 163. The molecule has 0 bridgehead atoms. The smallest absolute Gasteiger partial charge is 0.00978 e. The lowest BCUT2D eigenvalue weighted by Crippen LogP contribution is -2.48. The maximum absolute atomic E-state index is 3.84. The van der Waals surface area contributed by atoms with Crippen molar-refractivity contribution in [2.45, 2.75) is 64.5 Å². The van der Waals surface area contributed by atoms with Crippen LogP contribution in [-0.4, -0.2) is 12.1 Å². The molecule has 2 saturated carbocycles. The summed E-state index contributed by atoms with van der Waals surface area (Å²) >= 11 is 0. The summed E-state index contributed by atoms with van der Waals surface area (Å²) in [6.45, 7) is 4.85. The average molecular weight is 181 g/mol. The standard InChI is InChI=1S/C12H23N/c1-9-5-3-8-12(10(9)2)13-11-6-4-7-11/h9-13H,3-8H2,1-2H3/t9-,10-,12-/m1/s1. The predicted molar refractivity (Wildman–Crippen MR) is 56.7 cm³/mol. The molecule has 0 aromatic rings. The largest absolute Gasteiger partial charge is 0.311 e. The highest BCUT2D eigenvalue weighted by Crippen LogP contribution is 2.31. The first-order valence-corrected chi connectivity index (χ1v) is 6.03. The summed E-state index contributed by atoms with van der Waals surface area (Å²) in [4.78, 5) is 0. The molecule has 0 heterocycles. The van der Waals surface area contributed by atoms with Gasteiger partial charge in [-0.1, -0.05) is 33.1 Å². The Morgan fingerprint density at radius 2 is 1.62 bits per heavy atom. The molecule has 2 aliphatic carbocycles. The van der Waals surface area contributed by atoms with Crippen LogP contribution in [0.3, 0.4) is 0 Å². The Morgan fingerprint density at radius 1 is 0.923 bits per heavy atom. The lowest BCUT2D eigenvalue weighted by Gasteiger charge is -2.39. The van der Waals surface area contributed by atoms with E-state index in [0.29, 0.717) is 0 Å². The summed E-state index contributed by atoms with van der Waals surface area (Å²) in [5, 5.41) is 3.84. The summed E-state index contributed by atoms with van der Waals surface area (Å²) in [6.07, 6.45) is 8.62. The zero-order chi connectivity index (χ0) is 9.26. The van der Waals surface area contributed by atoms with Gasteiger partial charge in [0.15, 0.2) is 0 Å². The number of nitrogens with one attached hydrogen (secondary N) is 1. The summed E-state index contributed by atoms with van der Waals surface area (Å²) in [5.74, 6) is 1.83. The van der Waals surface area contributed by atoms with E-state index < -0.39 is 0 Å². The van der Waals surface area contributed by atoms with Crippen LogP contribution in [0.5, 0.6) is 0 Å². The SMILES string of the molecule is C[C@@H]1[C@H](C)CCC[C@H]1NC1CCC1. The molecule has 0 aromatic heterocycles. The highest BCUT2D eigenvalue weighted by molar-refractivity contribution is 4.87. The molecule has 1 nitrogen and oxygen atoms in total. The van der Waals surface area contributed by atoms with Gasteiger partial charge in [0.05, 0.1) is 0 Å². The molecule has 0 radical (unpaired) electrons. The second-order valence-electron chi connectivity index (χ2n) is 5.17. The molecular formula is C12H23N. The van der Waals surface area contributed by atoms with Gasteiger partial charge < -0.3 is 5.32 Å². The lowest BCUT2D eigenvalue weighted by atomic mass is 9.77. The lowest BCUT2D eigenvalue weighted by molar-refractivity contribution is 0.172. The molecule has 0 amide bonds. The molecule has 13 heavy (non-hydrogen) atoms. The minimum absolute atomic E-state index is 0.828. The topological polar surface area (TPSA) is 12.0 Å². The van der Waals surface area contributed by atoms with Crippen LogP contribution < -0.4 is 5.32 Å². The number of rotatable bonds is 2. The Hall–Kier alpha value is -0.0400. The van der Waals surface area contributed by atoms with E-state index in [4.69, 9.17) is 0 Å². The quantitative estimate of drug-likeness (QED) is 0.690. The van der Waals surface area contributed by atoms with Crippen molar-refractivity contribution in [3.05, 3.63) is 0 Å². The Balaban J connectivity index is 1.82. The van der Waals surface area contributed by atoms with Gasteiger partial charge >= 0.3 is 0 Å². The molecule has 2 aliphatic rings. The van der Waals surface area contributed by atoms with Crippen LogP contribution in [0.1, 0.15) is 52.4 Å². The highest BCUT2D eigenvalue weighted by atomic mass is 15.0. The van der Waals surface area contributed by atoms with Crippen molar-refractivity contribution in [3.8, 4) is 0 Å². The van der Waals surface area contributed by atoms with E-state index in [1.807, 2.05) is 0 Å². The van der Waals surface area contributed by atoms with Gasteiger partial charge in [-0.2, -0.15) is 0 Å². The molecular weight excluding hydrogens is 158 g/mol. The van der Waals surface area contributed by atoms with E-state index >= 15 is 0 Å². The minimum atomic E-state index is 0.828. The van der Waals surface area contributed by atoms with Gasteiger partial charge in [-0.25, -0.2) is 0 Å². The summed E-state index contributed by atoms with van der Waals surface area (Å²) < 4.78 is 0. The van der Waals surface area contributed by atoms with E-state index in [0.717, 1.165) is 23.9 Å². The number of hydrogen-bond donors (Lipinski definition) is 1. The fourth-order valence-corrected chi connectivity index (χ4v) is 2.69. The van der Waals surface area contributed by atoms with Crippen LogP contribution in [-0.2, 0) is 0 Å². The third-order valence-electron chi connectivity index (χ3n) is 4.26. The Labute approximate surface area is 82.3 Å².